The van der Waals surface area contributed by atoms with Gasteiger partial charge in [-0.3, -0.25) is 14.2 Å². The predicted molar refractivity (Wildman–Crippen MR) is 107 cm³/mol. The van der Waals surface area contributed by atoms with E-state index in [4.69, 9.17) is 4.74 Å². The van der Waals surface area contributed by atoms with Crippen molar-refractivity contribution in [3.8, 4) is 11.4 Å². The van der Waals surface area contributed by atoms with Crippen LogP contribution in [0.25, 0.3) is 5.69 Å². The molecular weight excluding hydrogens is 372 g/mol. The number of ether oxygens (including phenoxy) is 1. The molecule has 1 heterocycles. The zero-order valence-corrected chi connectivity index (χ0v) is 15.9. The summed E-state index contributed by atoms with van der Waals surface area (Å²) in [6.07, 6.45) is 1.75. The molecule has 1 aliphatic carbocycles. The quantitative estimate of drug-likeness (QED) is 0.683. The van der Waals surface area contributed by atoms with Crippen LogP contribution in [-0.4, -0.2) is 33.4 Å². The number of benzene rings is 2. The summed E-state index contributed by atoms with van der Waals surface area (Å²) in [5, 5.41) is 6.87. The van der Waals surface area contributed by atoms with Crippen LogP contribution in [0.15, 0.2) is 64.2 Å². The van der Waals surface area contributed by atoms with E-state index in [0.717, 1.165) is 27.7 Å². The molecule has 8 nitrogen and oxygen atoms in total. The summed E-state index contributed by atoms with van der Waals surface area (Å²) in [6, 6.07) is 15.9. The molecule has 0 atom stereocenters. The molecule has 1 fully saturated rings. The highest BCUT2D eigenvalue weighted by molar-refractivity contribution is 5.92. The fourth-order valence-corrected chi connectivity index (χ4v) is 2.95. The first kappa shape index (κ1) is 18.7. The first-order chi connectivity index (χ1) is 14.1. The highest BCUT2D eigenvalue weighted by atomic mass is 16.5. The van der Waals surface area contributed by atoms with Crippen molar-refractivity contribution in [3.63, 3.8) is 0 Å². The van der Waals surface area contributed by atoms with Crippen LogP contribution in [-0.2, 0) is 6.54 Å². The van der Waals surface area contributed by atoms with Crippen LogP contribution >= 0.6 is 0 Å². The number of nitrogens with one attached hydrogen (secondary N) is 1. The fraction of sp³-hybridized carbons (Fsp3) is 0.238. The van der Waals surface area contributed by atoms with Gasteiger partial charge in [0.25, 0.3) is 11.5 Å². The Morgan fingerprint density at radius 3 is 2.59 bits per heavy atom. The van der Waals surface area contributed by atoms with Gasteiger partial charge in [-0.25, -0.2) is 4.79 Å². The maximum Gasteiger partial charge on any atom is 0.352 e. The van der Waals surface area contributed by atoms with Gasteiger partial charge in [-0.05, 0) is 30.5 Å². The molecule has 0 unspecified atom stereocenters. The molecular formula is C21H20N4O4. The fourth-order valence-electron chi connectivity index (χ4n) is 2.95. The smallest absolute Gasteiger partial charge is 0.352 e. The second-order valence-corrected chi connectivity index (χ2v) is 6.87. The van der Waals surface area contributed by atoms with Crippen LogP contribution in [0.1, 0.15) is 28.9 Å². The van der Waals surface area contributed by atoms with Gasteiger partial charge in [0.05, 0.1) is 19.3 Å². The highest BCUT2D eigenvalue weighted by Gasteiger charge is 2.27. The second-order valence-electron chi connectivity index (χ2n) is 6.87. The maximum absolute atomic E-state index is 13.1. The number of amides is 1. The van der Waals surface area contributed by atoms with E-state index in [1.807, 2.05) is 30.3 Å². The second kappa shape index (κ2) is 7.75. The molecule has 148 valence electrons. The minimum Gasteiger partial charge on any atom is -0.497 e. The maximum atomic E-state index is 13.1. The van der Waals surface area contributed by atoms with Gasteiger partial charge in [0.2, 0.25) is 5.69 Å². The molecule has 0 bridgehead atoms. The lowest BCUT2D eigenvalue weighted by molar-refractivity contribution is 0.0941. The van der Waals surface area contributed by atoms with Crippen LogP contribution in [0.3, 0.4) is 0 Å². The summed E-state index contributed by atoms with van der Waals surface area (Å²) in [6.45, 7) is 0.0364. The molecule has 1 amide bonds. The number of hydrogen-bond acceptors (Lipinski definition) is 5. The summed E-state index contributed by atoms with van der Waals surface area (Å²) < 4.78 is 7.31. The zero-order valence-electron chi connectivity index (χ0n) is 15.9. The summed E-state index contributed by atoms with van der Waals surface area (Å²) in [5.41, 5.74) is -0.484. The number of nitrogens with zero attached hydrogens (tertiary/aromatic N) is 3. The molecule has 1 N–H and O–H groups in total. The minimum absolute atomic E-state index is 0.0364. The van der Waals surface area contributed by atoms with Gasteiger partial charge in [-0.2, -0.15) is 9.78 Å². The van der Waals surface area contributed by atoms with E-state index in [9.17, 15) is 14.4 Å². The Bertz CT molecular complexity index is 1160. The first-order valence-corrected chi connectivity index (χ1v) is 9.30. The molecule has 0 aliphatic heterocycles. The average molecular weight is 392 g/mol. The van der Waals surface area contributed by atoms with E-state index in [1.54, 1.807) is 24.3 Å². The van der Waals surface area contributed by atoms with Crippen molar-refractivity contribution in [2.24, 2.45) is 0 Å². The molecule has 4 rings (SSSR count). The van der Waals surface area contributed by atoms with Crippen molar-refractivity contribution in [2.45, 2.75) is 25.4 Å². The van der Waals surface area contributed by atoms with Crippen molar-refractivity contribution in [1.82, 2.24) is 19.7 Å². The molecule has 0 saturated heterocycles. The number of rotatable bonds is 6. The Hall–Kier alpha value is -3.68. The molecule has 1 aromatic heterocycles. The Balaban J connectivity index is 1.87. The summed E-state index contributed by atoms with van der Waals surface area (Å²) in [4.78, 5) is 38.7. The lowest BCUT2D eigenvalue weighted by atomic mass is 10.2. The van der Waals surface area contributed by atoms with Gasteiger partial charge in [-0.1, -0.05) is 36.4 Å². The van der Waals surface area contributed by atoms with Crippen LogP contribution in [0, 0.1) is 0 Å². The van der Waals surface area contributed by atoms with Gasteiger partial charge < -0.3 is 10.1 Å². The van der Waals surface area contributed by atoms with E-state index in [1.165, 1.54) is 7.11 Å². The molecule has 1 aliphatic rings. The van der Waals surface area contributed by atoms with Crippen LogP contribution in [0.4, 0.5) is 0 Å². The van der Waals surface area contributed by atoms with Crippen LogP contribution in [0.2, 0.25) is 0 Å². The lowest BCUT2D eigenvalue weighted by Gasteiger charge is -2.13. The van der Waals surface area contributed by atoms with Crippen molar-refractivity contribution in [1.29, 1.82) is 0 Å². The SMILES string of the molecule is COc1cccc(-n2nc(C(=O)NC3CC3)c(=O)n(Cc3ccccc3)c2=O)c1. The molecule has 0 radical (unpaired) electrons. The van der Waals surface area contributed by atoms with E-state index in [0.29, 0.717) is 11.4 Å². The zero-order chi connectivity index (χ0) is 20.4. The predicted octanol–water partition coefficient (Wildman–Crippen LogP) is 1.34. The number of carbonyl (C=O) groups is 1. The van der Waals surface area contributed by atoms with Crippen molar-refractivity contribution >= 4 is 5.91 Å². The largest absolute Gasteiger partial charge is 0.497 e. The molecule has 3 aromatic rings. The van der Waals surface area contributed by atoms with Crippen molar-refractivity contribution < 1.29 is 9.53 Å². The molecule has 29 heavy (non-hydrogen) atoms. The number of methoxy groups -OCH3 is 1. The monoisotopic (exact) mass is 392 g/mol. The van der Waals surface area contributed by atoms with Crippen molar-refractivity contribution in [3.05, 3.63) is 86.7 Å². The molecule has 8 heteroatoms. The number of hydrogen-bond donors (Lipinski definition) is 1. The molecule has 2 aromatic carbocycles. The number of carbonyl (C=O) groups excluding carboxylic acids is 1. The van der Waals surface area contributed by atoms with E-state index < -0.39 is 17.2 Å². The standard InChI is InChI=1S/C21H20N4O4/c1-29-17-9-5-8-16(12-17)25-21(28)24(13-14-6-3-2-4-7-14)20(27)18(23-25)19(26)22-15-10-11-15/h2-9,12,15H,10-11,13H2,1H3,(H,22,26). The molecule has 0 spiro atoms. The summed E-state index contributed by atoms with van der Waals surface area (Å²) in [7, 11) is 1.51. The van der Waals surface area contributed by atoms with Gasteiger partial charge in [0.1, 0.15) is 5.75 Å². The number of aromatic nitrogens is 3. The Kier molecular flexibility index (Phi) is 4.99. The average Bonchev–Trinajstić information content (AvgIpc) is 3.56. The third-order valence-electron chi connectivity index (χ3n) is 4.67. The third-order valence-corrected chi connectivity index (χ3v) is 4.67. The Morgan fingerprint density at radius 2 is 1.90 bits per heavy atom. The van der Waals surface area contributed by atoms with E-state index >= 15 is 0 Å². The third kappa shape index (κ3) is 3.96. The normalized spacial score (nSPS) is 13.1. The first-order valence-electron chi connectivity index (χ1n) is 9.30. The van der Waals surface area contributed by atoms with E-state index in [-0.39, 0.29) is 18.3 Å². The van der Waals surface area contributed by atoms with Gasteiger partial charge in [0, 0.05) is 12.1 Å². The molecule has 1 saturated carbocycles. The minimum atomic E-state index is -0.712. The van der Waals surface area contributed by atoms with E-state index in [2.05, 4.69) is 10.4 Å². The summed E-state index contributed by atoms with van der Waals surface area (Å²) in [5.74, 6) is -0.0445. The topological polar surface area (TPSA) is 95.2 Å². The van der Waals surface area contributed by atoms with Gasteiger partial charge >= 0.3 is 5.69 Å². The summed E-state index contributed by atoms with van der Waals surface area (Å²) >= 11 is 0. The Morgan fingerprint density at radius 1 is 1.14 bits per heavy atom. The van der Waals surface area contributed by atoms with Gasteiger partial charge in [0.15, 0.2) is 0 Å². The lowest BCUT2D eigenvalue weighted by Crippen LogP contribution is -2.46. The Labute approximate surface area is 166 Å². The van der Waals surface area contributed by atoms with Crippen molar-refractivity contribution in [2.75, 3.05) is 7.11 Å². The van der Waals surface area contributed by atoms with Crippen LogP contribution < -0.4 is 21.3 Å². The highest BCUT2D eigenvalue weighted by Crippen LogP contribution is 2.19. The van der Waals surface area contributed by atoms with Crippen LogP contribution in [0.5, 0.6) is 5.75 Å². The van der Waals surface area contributed by atoms with Gasteiger partial charge in [-0.15, -0.1) is 0 Å².